The number of ether oxygens (including phenoxy) is 1. The minimum Gasteiger partial charge on any atom is -0.455 e. The highest BCUT2D eigenvalue weighted by atomic mass is 19.4. The van der Waals surface area contributed by atoms with E-state index in [1.54, 1.807) is 30.3 Å². The average molecular weight is 468 g/mol. The molecule has 3 aromatic carbocycles. The van der Waals surface area contributed by atoms with Crippen molar-refractivity contribution in [1.82, 2.24) is 0 Å². The van der Waals surface area contributed by atoms with E-state index in [4.69, 9.17) is 4.74 Å². The van der Waals surface area contributed by atoms with Gasteiger partial charge in [0.05, 0.1) is 23.9 Å². The Morgan fingerprint density at radius 3 is 2.26 bits per heavy atom. The second-order valence-corrected chi connectivity index (χ2v) is 7.59. The fourth-order valence-corrected chi connectivity index (χ4v) is 3.16. The maximum Gasteiger partial charge on any atom is 0.416 e. The molecule has 0 N–H and O–H groups in total. The zero-order valence-corrected chi connectivity index (χ0v) is 18.4. The van der Waals surface area contributed by atoms with E-state index in [1.807, 2.05) is 37.3 Å². The van der Waals surface area contributed by atoms with E-state index in [9.17, 15) is 22.8 Å². The topological polar surface area (TPSA) is 59.0 Å². The highest BCUT2D eigenvalue weighted by Crippen LogP contribution is 2.32. The fraction of sp³-hybridized carbons (Fsp3) is 0.192. The van der Waals surface area contributed by atoms with Gasteiger partial charge in [0, 0.05) is 0 Å². The number of carbonyl (C=O) groups is 2. The summed E-state index contributed by atoms with van der Waals surface area (Å²) in [5.41, 5.74) is 0.567. The second kappa shape index (κ2) is 11.3. The number of esters is 1. The van der Waals surface area contributed by atoms with Gasteiger partial charge in [-0.15, -0.1) is 0 Å². The molecule has 0 aliphatic carbocycles. The van der Waals surface area contributed by atoms with E-state index in [-0.39, 0.29) is 18.0 Å². The summed E-state index contributed by atoms with van der Waals surface area (Å²) in [6.45, 7) is 1.19. The third-order valence-corrected chi connectivity index (χ3v) is 4.97. The monoisotopic (exact) mass is 468 g/mol. The number of amides is 1. The van der Waals surface area contributed by atoms with E-state index in [2.05, 4.69) is 5.10 Å². The van der Waals surface area contributed by atoms with Crippen molar-refractivity contribution in [3.8, 4) is 0 Å². The molecule has 0 heterocycles. The SMILES string of the molecule is C[C@H](CC(=O)OCC(=O)N(/N=C\c1ccccc1)c1cccc(C(F)(F)F)c1)c1ccccc1. The quantitative estimate of drug-likeness (QED) is 0.238. The largest absolute Gasteiger partial charge is 0.455 e. The Labute approximate surface area is 195 Å². The standard InChI is InChI=1S/C26H23F3N2O3/c1-19(21-11-6-3-7-12-21)15-25(33)34-18-24(32)31(30-17-20-9-4-2-5-10-20)23-14-8-13-22(16-23)26(27,28)29/h2-14,16-17,19H,15,18H2,1H3/b30-17-/t19-/m1/s1. The van der Waals surface area contributed by atoms with Gasteiger partial charge < -0.3 is 4.74 Å². The van der Waals surface area contributed by atoms with Crippen molar-refractivity contribution in [2.24, 2.45) is 5.10 Å². The first-order chi connectivity index (χ1) is 16.2. The summed E-state index contributed by atoms with van der Waals surface area (Å²) in [5, 5.41) is 4.88. The molecular formula is C26H23F3N2O3. The minimum absolute atomic E-state index is 0.0497. The van der Waals surface area contributed by atoms with E-state index >= 15 is 0 Å². The number of anilines is 1. The van der Waals surface area contributed by atoms with Crippen LogP contribution in [0.15, 0.2) is 90.0 Å². The molecule has 0 radical (unpaired) electrons. The highest BCUT2D eigenvalue weighted by Gasteiger charge is 2.31. The summed E-state index contributed by atoms with van der Waals surface area (Å²) in [6.07, 6.45) is -3.19. The van der Waals surface area contributed by atoms with E-state index in [1.165, 1.54) is 18.3 Å². The zero-order valence-electron chi connectivity index (χ0n) is 18.4. The van der Waals surface area contributed by atoms with Gasteiger partial charge in [0.2, 0.25) is 0 Å². The van der Waals surface area contributed by atoms with Crippen LogP contribution in [0.5, 0.6) is 0 Å². The number of hydrogen-bond donors (Lipinski definition) is 0. The van der Waals surface area contributed by atoms with Crippen LogP contribution in [-0.2, 0) is 20.5 Å². The Morgan fingerprint density at radius 1 is 0.971 bits per heavy atom. The predicted molar refractivity (Wildman–Crippen MR) is 123 cm³/mol. The van der Waals surface area contributed by atoms with Crippen LogP contribution in [0.4, 0.5) is 18.9 Å². The fourth-order valence-electron chi connectivity index (χ4n) is 3.16. The number of hydrogen-bond acceptors (Lipinski definition) is 4. The lowest BCUT2D eigenvalue weighted by molar-refractivity contribution is -0.148. The lowest BCUT2D eigenvalue weighted by atomic mass is 9.98. The lowest BCUT2D eigenvalue weighted by Gasteiger charge is -2.19. The van der Waals surface area contributed by atoms with Gasteiger partial charge in [-0.05, 0) is 35.2 Å². The maximum absolute atomic E-state index is 13.2. The zero-order chi connectivity index (χ0) is 24.6. The van der Waals surface area contributed by atoms with Gasteiger partial charge >= 0.3 is 12.1 Å². The molecule has 176 valence electrons. The van der Waals surface area contributed by atoms with Crippen LogP contribution in [0.25, 0.3) is 0 Å². The number of hydrazone groups is 1. The first-order valence-corrected chi connectivity index (χ1v) is 10.5. The van der Waals surface area contributed by atoms with Gasteiger partial charge in [-0.25, -0.2) is 0 Å². The normalized spacial score (nSPS) is 12.4. The van der Waals surface area contributed by atoms with Crippen LogP contribution in [0.3, 0.4) is 0 Å². The van der Waals surface area contributed by atoms with Crippen molar-refractivity contribution >= 4 is 23.8 Å². The molecule has 1 amide bonds. The number of nitrogens with zero attached hydrogens (tertiary/aromatic N) is 2. The van der Waals surface area contributed by atoms with E-state index in [0.717, 1.165) is 22.7 Å². The Morgan fingerprint density at radius 2 is 1.62 bits per heavy atom. The van der Waals surface area contributed by atoms with Crippen molar-refractivity contribution < 1.29 is 27.5 Å². The molecule has 0 fully saturated rings. The van der Waals surface area contributed by atoms with Crippen molar-refractivity contribution in [3.63, 3.8) is 0 Å². The predicted octanol–water partition coefficient (Wildman–Crippen LogP) is 5.81. The summed E-state index contributed by atoms with van der Waals surface area (Å²) in [6, 6.07) is 22.3. The molecule has 0 unspecified atom stereocenters. The highest BCUT2D eigenvalue weighted by molar-refractivity contribution is 5.96. The number of halogens is 3. The summed E-state index contributed by atoms with van der Waals surface area (Å²) in [4.78, 5) is 25.1. The first-order valence-electron chi connectivity index (χ1n) is 10.5. The Hall–Kier alpha value is -3.94. The molecule has 0 saturated carbocycles. The lowest BCUT2D eigenvalue weighted by Crippen LogP contribution is -2.31. The molecule has 1 atom stereocenters. The van der Waals surface area contributed by atoms with Crippen LogP contribution in [0.1, 0.15) is 36.0 Å². The summed E-state index contributed by atoms with van der Waals surface area (Å²) in [7, 11) is 0. The smallest absolute Gasteiger partial charge is 0.416 e. The molecule has 3 rings (SSSR count). The molecule has 0 spiro atoms. The van der Waals surface area contributed by atoms with Crippen LogP contribution < -0.4 is 5.01 Å². The minimum atomic E-state index is -4.59. The molecule has 0 aliphatic heterocycles. The second-order valence-electron chi connectivity index (χ2n) is 7.59. The van der Waals surface area contributed by atoms with Crippen molar-refractivity contribution in [2.75, 3.05) is 11.6 Å². The number of alkyl halides is 3. The number of rotatable bonds is 8. The van der Waals surface area contributed by atoms with Gasteiger partial charge in [-0.3, -0.25) is 9.59 Å². The van der Waals surface area contributed by atoms with Crippen LogP contribution in [-0.4, -0.2) is 24.7 Å². The molecule has 0 bridgehead atoms. The molecule has 0 saturated heterocycles. The van der Waals surface area contributed by atoms with Crippen molar-refractivity contribution in [3.05, 3.63) is 102 Å². The maximum atomic E-state index is 13.2. The molecule has 8 heteroatoms. The van der Waals surface area contributed by atoms with Crippen molar-refractivity contribution in [1.29, 1.82) is 0 Å². The molecule has 34 heavy (non-hydrogen) atoms. The van der Waals surface area contributed by atoms with Gasteiger partial charge in [0.1, 0.15) is 0 Å². The van der Waals surface area contributed by atoms with Crippen LogP contribution >= 0.6 is 0 Å². The average Bonchev–Trinajstić information content (AvgIpc) is 2.83. The van der Waals surface area contributed by atoms with Crippen LogP contribution in [0.2, 0.25) is 0 Å². The van der Waals surface area contributed by atoms with Crippen molar-refractivity contribution in [2.45, 2.75) is 25.4 Å². The molecular weight excluding hydrogens is 445 g/mol. The Kier molecular flexibility index (Phi) is 8.19. The first kappa shape index (κ1) is 24.7. The number of benzene rings is 3. The molecule has 0 aromatic heterocycles. The van der Waals surface area contributed by atoms with E-state index in [0.29, 0.717) is 5.56 Å². The third kappa shape index (κ3) is 7.03. The molecule has 3 aromatic rings. The van der Waals surface area contributed by atoms with Gasteiger partial charge in [0.15, 0.2) is 6.61 Å². The number of carbonyl (C=O) groups excluding carboxylic acids is 2. The van der Waals surface area contributed by atoms with Gasteiger partial charge in [0.25, 0.3) is 5.91 Å². The Bertz CT molecular complexity index is 1130. The van der Waals surface area contributed by atoms with Gasteiger partial charge in [-0.1, -0.05) is 73.7 Å². The molecule has 0 aliphatic rings. The van der Waals surface area contributed by atoms with E-state index < -0.39 is 30.2 Å². The van der Waals surface area contributed by atoms with Gasteiger partial charge in [-0.2, -0.15) is 23.3 Å². The molecule has 5 nitrogen and oxygen atoms in total. The third-order valence-electron chi connectivity index (χ3n) is 4.97. The Balaban J connectivity index is 1.74. The summed E-state index contributed by atoms with van der Waals surface area (Å²) in [5.74, 6) is -1.51. The van der Waals surface area contributed by atoms with Crippen LogP contribution in [0, 0.1) is 0 Å². The summed E-state index contributed by atoms with van der Waals surface area (Å²) >= 11 is 0. The summed E-state index contributed by atoms with van der Waals surface area (Å²) < 4.78 is 44.7.